The molecule has 25 heavy (non-hydrogen) atoms. The highest BCUT2D eigenvalue weighted by Crippen LogP contribution is 2.33. The van der Waals surface area contributed by atoms with Crippen molar-refractivity contribution in [3.63, 3.8) is 0 Å². The van der Waals surface area contributed by atoms with Crippen LogP contribution in [0.3, 0.4) is 0 Å². The first-order chi connectivity index (χ1) is 12.1. The van der Waals surface area contributed by atoms with Gasteiger partial charge in [0.05, 0.1) is 6.61 Å². The lowest BCUT2D eigenvalue weighted by molar-refractivity contribution is 0.156. The number of aliphatic hydroxyl groups excluding tert-OH is 1. The predicted molar refractivity (Wildman–Crippen MR) is 100 cm³/mol. The maximum atomic E-state index is 14.4. The summed E-state index contributed by atoms with van der Waals surface area (Å²) in [6, 6.07) is 6.91. The number of hydrogen-bond acceptors (Lipinski definition) is 5. The highest BCUT2D eigenvalue weighted by Gasteiger charge is 2.19. The molecule has 4 nitrogen and oxygen atoms in total. The summed E-state index contributed by atoms with van der Waals surface area (Å²) in [5, 5.41) is 9.38. The van der Waals surface area contributed by atoms with Gasteiger partial charge < -0.3 is 5.11 Å². The van der Waals surface area contributed by atoms with Gasteiger partial charge in [-0.1, -0.05) is 11.6 Å². The molecule has 0 bridgehead atoms. The molecule has 134 valence electrons. The second kappa shape index (κ2) is 8.47. The Bertz CT molecular complexity index is 738. The zero-order chi connectivity index (χ0) is 17.8. The van der Waals surface area contributed by atoms with Gasteiger partial charge in [0.2, 0.25) is 0 Å². The monoisotopic (exact) mass is 381 g/mol. The number of halogens is 2. The van der Waals surface area contributed by atoms with Crippen LogP contribution in [0.5, 0.6) is 0 Å². The molecule has 0 unspecified atom stereocenters. The Morgan fingerprint density at radius 3 is 2.68 bits per heavy atom. The summed E-state index contributed by atoms with van der Waals surface area (Å²) in [7, 11) is 0. The Labute approximate surface area is 156 Å². The van der Waals surface area contributed by atoms with Gasteiger partial charge in [0.15, 0.2) is 0 Å². The van der Waals surface area contributed by atoms with E-state index in [1.807, 2.05) is 13.0 Å². The van der Waals surface area contributed by atoms with Crippen molar-refractivity contribution in [2.24, 2.45) is 0 Å². The summed E-state index contributed by atoms with van der Waals surface area (Å²) < 4.78 is 16.7. The number of β-amino-alcohol motifs (C(OH)–C–C–N with tert-alkyl or cyclic N) is 1. The molecule has 1 fully saturated rings. The van der Waals surface area contributed by atoms with Crippen LogP contribution in [-0.2, 0) is 0 Å². The van der Waals surface area contributed by atoms with Gasteiger partial charge in [-0.05, 0) is 54.3 Å². The van der Waals surface area contributed by atoms with Gasteiger partial charge in [0.25, 0.3) is 0 Å². The number of pyridine rings is 1. The molecule has 0 amide bonds. The van der Waals surface area contributed by atoms with Crippen molar-refractivity contribution in [1.29, 1.82) is 0 Å². The van der Waals surface area contributed by atoms with Gasteiger partial charge in [-0.25, -0.2) is 13.7 Å². The lowest BCUT2D eigenvalue weighted by Gasteiger charge is -2.33. The van der Waals surface area contributed by atoms with E-state index in [1.54, 1.807) is 36.3 Å². The minimum absolute atomic E-state index is 0.196. The van der Waals surface area contributed by atoms with Gasteiger partial charge in [-0.15, -0.1) is 0 Å². The fourth-order valence-electron chi connectivity index (χ4n) is 2.87. The third-order valence-corrected chi connectivity index (χ3v) is 5.74. The van der Waals surface area contributed by atoms with Gasteiger partial charge in [0.1, 0.15) is 11.0 Å². The minimum atomic E-state index is -0.253. The quantitative estimate of drug-likeness (QED) is 0.634. The summed E-state index contributed by atoms with van der Waals surface area (Å²) in [5.74, 6) is -0.253. The maximum absolute atomic E-state index is 14.4. The van der Waals surface area contributed by atoms with Crippen molar-refractivity contribution in [1.82, 2.24) is 14.2 Å². The molecule has 1 saturated heterocycles. The normalized spacial score (nSPS) is 16.3. The van der Waals surface area contributed by atoms with Crippen molar-refractivity contribution in [2.75, 3.05) is 39.3 Å². The Morgan fingerprint density at radius 1 is 1.24 bits per heavy atom. The van der Waals surface area contributed by atoms with Crippen LogP contribution in [0.4, 0.5) is 4.39 Å². The number of aromatic nitrogens is 1. The summed E-state index contributed by atoms with van der Waals surface area (Å²) in [6.45, 7) is 6.54. The molecule has 7 heteroatoms. The molecule has 3 rings (SSSR count). The number of nitrogens with zero attached hydrogens (tertiary/aromatic N) is 3. The summed E-state index contributed by atoms with van der Waals surface area (Å²) >= 11 is 7.61. The summed E-state index contributed by atoms with van der Waals surface area (Å²) in [4.78, 5) is 7.25. The Balaban J connectivity index is 1.77. The number of rotatable bonds is 5. The lowest BCUT2D eigenvalue weighted by Crippen LogP contribution is -2.44. The van der Waals surface area contributed by atoms with Crippen LogP contribution >= 0.6 is 23.5 Å². The van der Waals surface area contributed by atoms with E-state index >= 15 is 0 Å². The molecule has 1 aliphatic heterocycles. The van der Waals surface area contributed by atoms with Crippen LogP contribution in [0.1, 0.15) is 5.56 Å². The molecule has 0 radical (unpaired) electrons. The topological polar surface area (TPSA) is 39.6 Å². The van der Waals surface area contributed by atoms with Crippen LogP contribution in [0.25, 0.3) is 11.1 Å². The van der Waals surface area contributed by atoms with Crippen molar-refractivity contribution in [2.45, 2.75) is 11.8 Å². The molecular weight excluding hydrogens is 361 g/mol. The van der Waals surface area contributed by atoms with Crippen LogP contribution in [-0.4, -0.2) is 58.6 Å². The average molecular weight is 382 g/mol. The highest BCUT2D eigenvalue weighted by atomic mass is 35.5. The fourth-order valence-corrected chi connectivity index (χ4v) is 4.04. The number of aryl methyl sites for hydroxylation is 1. The summed E-state index contributed by atoms with van der Waals surface area (Å²) in [5.41, 5.74) is 2.19. The molecule has 2 heterocycles. The van der Waals surface area contributed by atoms with Crippen molar-refractivity contribution >= 4 is 23.5 Å². The third-order valence-electron chi connectivity index (χ3n) is 4.28. The van der Waals surface area contributed by atoms with Gasteiger partial charge in [-0.2, -0.15) is 0 Å². The number of benzene rings is 1. The van der Waals surface area contributed by atoms with E-state index in [0.29, 0.717) is 10.7 Å². The van der Waals surface area contributed by atoms with Gasteiger partial charge >= 0.3 is 0 Å². The predicted octanol–water partition coefficient (Wildman–Crippen LogP) is 3.47. The third kappa shape index (κ3) is 4.71. The van der Waals surface area contributed by atoms with Crippen molar-refractivity contribution in [3.05, 3.63) is 47.0 Å². The van der Waals surface area contributed by atoms with E-state index in [2.05, 4.69) is 14.2 Å². The standard InChI is InChI=1S/C18H21ClFN3OS/c1-13-10-16(20)15(14-2-3-21-18(19)11-14)12-17(13)25-23-6-4-22(5-7-23)8-9-24/h2-3,10-12,24H,4-9H2,1H3. The molecule has 0 atom stereocenters. The summed E-state index contributed by atoms with van der Waals surface area (Å²) in [6.07, 6.45) is 1.59. The smallest absolute Gasteiger partial charge is 0.131 e. The first-order valence-corrected chi connectivity index (χ1v) is 9.40. The molecule has 0 saturated carbocycles. The van der Waals surface area contributed by atoms with E-state index < -0.39 is 0 Å². The molecule has 2 aromatic rings. The Morgan fingerprint density at radius 2 is 2.00 bits per heavy atom. The van der Waals surface area contributed by atoms with Crippen LogP contribution in [0.2, 0.25) is 5.15 Å². The van der Waals surface area contributed by atoms with Crippen LogP contribution < -0.4 is 0 Å². The highest BCUT2D eigenvalue weighted by molar-refractivity contribution is 7.97. The lowest BCUT2D eigenvalue weighted by atomic mass is 10.0. The van der Waals surface area contributed by atoms with Crippen LogP contribution in [0, 0.1) is 12.7 Å². The molecule has 1 N–H and O–H groups in total. The van der Waals surface area contributed by atoms with E-state index in [9.17, 15) is 4.39 Å². The molecular formula is C18H21ClFN3OS. The van der Waals surface area contributed by atoms with E-state index in [4.69, 9.17) is 16.7 Å². The zero-order valence-corrected chi connectivity index (χ0v) is 15.7. The van der Waals surface area contributed by atoms with E-state index in [0.717, 1.165) is 48.7 Å². The first kappa shape index (κ1) is 18.6. The maximum Gasteiger partial charge on any atom is 0.131 e. The number of piperazine rings is 1. The van der Waals surface area contributed by atoms with Gasteiger partial charge in [-0.3, -0.25) is 4.90 Å². The average Bonchev–Trinajstić information content (AvgIpc) is 2.59. The molecule has 1 aromatic heterocycles. The van der Waals surface area contributed by atoms with E-state index in [1.165, 1.54) is 0 Å². The molecule has 0 spiro atoms. The van der Waals surface area contributed by atoms with Crippen LogP contribution in [0.15, 0.2) is 35.4 Å². The molecule has 1 aliphatic rings. The Hall–Kier alpha value is -1.18. The molecule has 0 aliphatic carbocycles. The van der Waals surface area contributed by atoms with Crippen molar-refractivity contribution in [3.8, 4) is 11.1 Å². The minimum Gasteiger partial charge on any atom is -0.395 e. The number of hydrogen-bond donors (Lipinski definition) is 1. The van der Waals surface area contributed by atoms with E-state index in [-0.39, 0.29) is 12.4 Å². The second-order valence-corrected chi connectivity index (χ2v) is 7.58. The Kier molecular flexibility index (Phi) is 6.30. The largest absolute Gasteiger partial charge is 0.395 e. The molecule has 1 aromatic carbocycles. The van der Waals surface area contributed by atoms with Crippen molar-refractivity contribution < 1.29 is 9.50 Å². The fraction of sp³-hybridized carbons (Fsp3) is 0.389. The van der Waals surface area contributed by atoms with Gasteiger partial charge in [0, 0.05) is 49.4 Å². The zero-order valence-electron chi connectivity index (χ0n) is 14.1. The number of aliphatic hydroxyl groups is 1. The second-order valence-electron chi connectivity index (χ2n) is 6.05. The SMILES string of the molecule is Cc1cc(F)c(-c2ccnc(Cl)c2)cc1SN1CCN(CCO)CC1. The first-order valence-electron chi connectivity index (χ1n) is 8.25.